The Hall–Kier alpha value is -1.64. The summed E-state index contributed by atoms with van der Waals surface area (Å²) >= 11 is 0. The van der Waals surface area contributed by atoms with E-state index >= 15 is 0 Å². The van der Waals surface area contributed by atoms with Gasteiger partial charge in [0.05, 0.1) is 6.61 Å². The molecule has 3 rings (SSSR count). The Kier molecular flexibility index (Phi) is 5.07. The van der Waals surface area contributed by atoms with Crippen molar-refractivity contribution in [2.24, 2.45) is 5.92 Å². The molecule has 0 aliphatic heterocycles. The normalized spacial score (nSPS) is 23.5. The lowest BCUT2D eigenvalue weighted by Gasteiger charge is -2.35. The lowest BCUT2D eigenvalue weighted by atomic mass is 10.0. The van der Waals surface area contributed by atoms with Gasteiger partial charge in [-0.3, -0.25) is 4.90 Å². The first-order valence-corrected chi connectivity index (χ1v) is 8.98. The third-order valence-corrected chi connectivity index (χ3v) is 5.29. The molecular formula is C22H29NO. The minimum atomic E-state index is 0.0772. The van der Waals surface area contributed by atoms with Crippen LogP contribution in [0.2, 0.25) is 0 Å². The molecule has 0 saturated heterocycles. The average Bonchev–Trinajstić information content (AvgIpc) is 3.29. The summed E-state index contributed by atoms with van der Waals surface area (Å²) in [6.45, 7) is 8.70. The van der Waals surface area contributed by atoms with Gasteiger partial charge in [-0.25, -0.2) is 0 Å². The van der Waals surface area contributed by atoms with Gasteiger partial charge in [-0.1, -0.05) is 60.7 Å². The molecule has 0 amide bonds. The number of hydrogen-bond donors (Lipinski definition) is 1. The molecule has 0 aromatic heterocycles. The molecule has 0 heterocycles. The highest BCUT2D eigenvalue weighted by Crippen LogP contribution is 2.60. The first-order valence-electron chi connectivity index (χ1n) is 8.98. The van der Waals surface area contributed by atoms with Crippen LogP contribution in [0.3, 0.4) is 0 Å². The van der Waals surface area contributed by atoms with Crippen molar-refractivity contribution in [3.63, 3.8) is 0 Å². The van der Waals surface area contributed by atoms with E-state index in [4.69, 9.17) is 0 Å². The Morgan fingerprint density at radius 3 is 1.67 bits per heavy atom. The number of aliphatic hydroxyl groups is 1. The van der Waals surface area contributed by atoms with E-state index < -0.39 is 0 Å². The Morgan fingerprint density at radius 2 is 1.29 bits per heavy atom. The molecule has 1 saturated carbocycles. The average molecular weight is 323 g/mol. The first kappa shape index (κ1) is 17.2. The summed E-state index contributed by atoms with van der Waals surface area (Å²) < 4.78 is 0. The fraction of sp³-hybridized carbons (Fsp3) is 0.455. The van der Waals surface area contributed by atoms with Crippen LogP contribution in [0.25, 0.3) is 0 Å². The summed E-state index contributed by atoms with van der Waals surface area (Å²) in [5.41, 5.74) is 2.96. The third kappa shape index (κ3) is 3.71. The number of hydrogen-bond acceptors (Lipinski definition) is 2. The number of nitrogens with zero attached hydrogens (tertiary/aromatic N) is 1. The second-order valence-electron chi connectivity index (χ2n) is 7.88. The highest BCUT2D eigenvalue weighted by Gasteiger charge is 2.52. The largest absolute Gasteiger partial charge is 0.395 e. The topological polar surface area (TPSA) is 23.5 Å². The van der Waals surface area contributed by atoms with Gasteiger partial charge >= 0.3 is 0 Å². The van der Waals surface area contributed by atoms with Gasteiger partial charge < -0.3 is 5.11 Å². The van der Waals surface area contributed by atoms with E-state index in [0.717, 1.165) is 13.1 Å². The molecular weight excluding hydrogens is 294 g/mol. The van der Waals surface area contributed by atoms with Crippen LogP contribution in [-0.4, -0.2) is 35.2 Å². The summed E-state index contributed by atoms with van der Waals surface area (Å²) in [5, 5.41) is 9.46. The van der Waals surface area contributed by atoms with Crippen molar-refractivity contribution in [2.45, 2.75) is 38.1 Å². The van der Waals surface area contributed by atoms with Crippen molar-refractivity contribution >= 4 is 0 Å². The minimum absolute atomic E-state index is 0.0772. The molecule has 2 aromatic rings. The molecule has 1 aliphatic rings. The second-order valence-corrected chi connectivity index (χ2v) is 7.88. The number of aliphatic hydroxyl groups excluding tert-OH is 1. The molecule has 1 aliphatic carbocycles. The van der Waals surface area contributed by atoms with Gasteiger partial charge in [0.2, 0.25) is 0 Å². The van der Waals surface area contributed by atoms with E-state index in [9.17, 15) is 5.11 Å². The van der Waals surface area contributed by atoms with Gasteiger partial charge in [-0.15, -0.1) is 0 Å². The molecule has 1 fully saturated rings. The fourth-order valence-electron chi connectivity index (χ4n) is 3.94. The summed E-state index contributed by atoms with van der Waals surface area (Å²) in [6, 6.07) is 21.8. The number of rotatable bonds is 6. The maximum atomic E-state index is 9.46. The van der Waals surface area contributed by atoms with Gasteiger partial charge in [0.25, 0.3) is 0 Å². The van der Waals surface area contributed by atoms with E-state index in [0.29, 0.717) is 17.8 Å². The van der Waals surface area contributed by atoms with Crippen LogP contribution >= 0.6 is 0 Å². The van der Waals surface area contributed by atoms with E-state index in [1.165, 1.54) is 11.1 Å². The van der Waals surface area contributed by atoms with Crippen molar-refractivity contribution in [2.75, 3.05) is 19.7 Å². The van der Waals surface area contributed by atoms with Crippen LogP contribution in [-0.2, 0) is 0 Å². The smallest absolute Gasteiger partial charge is 0.0558 e. The Bertz CT molecular complexity index is 587. The van der Waals surface area contributed by atoms with Gasteiger partial charge in [0, 0.05) is 18.6 Å². The molecule has 0 radical (unpaired) electrons. The molecule has 2 heteroatoms. The fourth-order valence-corrected chi connectivity index (χ4v) is 3.94. The zero-order valence-corrected chi connectivity index (χ0v) is 15.0. The monoisotopic (exact) mass is 323 g/mol. The Morgan fingerprint density at radius 1 is 0.833 bits per heavy atom. The second kappa shape index (κ2) is 7.08. The third-order valence-electron chi connectivity index (χ3n) is 5.29. The molecule has 24 heavy (non-hydrogen) atoms. The zero-order valence-electron chi connectivity index (χ0n) is 15.0. The molecule has 0 bridgehead atoms. The van der Waals surface area contributed by atoms with Gasteiger partial charge in [0.1, 0.15) is 0 Å². The van der Waals surface area contributed by atoms with Crippen molar-refractivity contribution in [3.05, 3.63) is 71.8 Å². The van der Waals surface area contributed by atoms with Crippen LogP contribution in [0.1, 0.15) is 43.7 Å². The summed E-state index contributed by atoms with van der Waals surface area (Å²) in [7, 11) is 0. The van der Waals surface area contributed by atoms with Crippen LogP contribution in [0, 0.1) is 5.92 Å². The predicted molar refractivity (Wildman–Crippen MR) is 100 cm³/mol. The molecule has 0 spiro atoms. The Balaban J connectivity index is 1.84. The summed E-state index contributed by atoms with van der Waals surface area (Å²) in [4.78, 5) is 2.43. The lowest BCUT2D eigenvalue weighted by Crippen LogP contribution is -2.44. The minimum Gasteiger partial charge on any atom is -0.395 e. The standard InChI is InChI=1S/C22H29NO/c1-22(2,3)23(14-15-24)16-19-20(17-10-6-4-7-11-17)21(19)18-12-8-5-9-13-18/h4-13,19-21,24H,14-16H2,1-3H3. The molecule has 2 nitrogen and oxygen atoms in total. The van der Waals surface area contributed by atoms with Crippen molar-refractivity contribution < 1.29 is 5.11 Å². The lowest BCUT2D eigenvalue weighted by molar-refractivity contribution is 0.0995. The van der Waals surface area contributed by atoms with Crippen molar-refractivity contribution in [1.82, 2.24) is 4.90 Å². The van der Waals surface area contributed by atoms with Crippen LogP contribution < -0.4 is 0 Å². The highest BCUT2D eigenvalue weighted by molar-refractivity contribution is 5.39. The SMILES string of the molecule is CC(C)(C)N(CCO)CC1C(c2ccccc2)C1c1ccccc1. The zero-order chi connectivity index (χ0) is 17.2. The van der Waals surface area contributed by atoms with E-state index in [1.807, 2.05) is 0 Å². The van der Waals surface area contributed by atoms with E-state index in [1.54, 1.807) is 0 Å². The molecule has 2 atom stereocenters. The Labute approximate surface area is 146 Å². The first-order chi connectivity index (χ1) is 11.5. The van der Waals surface area contributed by atoms with Gasteiger partial charge in [0.15, 0.2) is 0 Å². The van der Waals surface area contributed by atoms with Crippen LogP contribution in [0.5, 0.6) is 0 Å². The predicted octanol–water partition coefficient (Wildman–Crippen LogP) is 4.28. The van der Waals surface area contributed by atoms with Crippen LogP contribution in [0.15, 0.2) is 60.7 Å². The van der Waals surface area contributed by atoms with Gasteiger partial charge in [-0.05, 0) is 49.7 Å². The van der Waals surface area contributed by atoms with Crippen molar-refractivity contribution in [1.29, 1.82) is 0 Å². The van der Waals surface area contributed by atoms with Crippen molar-refractivity contribution in [3.8, 4) is 0 Å². The van der Waals surface area contributed by atoms with Gasteiger partial charge in [-0.2, -0.15) is 0 Å². The molecule has 2 aromatic carbocycles. The molecule has 1 N–H and O–H groups in total. The quantitative estimate of drug-likeness (QED) is 0.858. The maximum absolute atomic E-state index is 9.46. The summed E-state index contributed by atoms with van der Waals surface area (Å²) in [6.07, 6.45) is 0. The maximum Gasteiger partial charge on any atom is 0.0558 e. The number of β-amino-alcohol motifs (C(OH)–C–C–N with tert-alkyl or cyclic N) is 1. The van der Waals surface area contributed by atoms with Crippen LogP contribution in [0.4, 0.5) is 0 Å². The van der Waals surface area contributed by atoms with E-state index in [2.05, 4.69) is 86.3 Å². The molecule has 128 valence electrons. The number of benzene rings is 2. The molecule has 2 unspecified atom stereocenters. The van der Waals surface area contributed by atoms with E-state index in [-0.39, 0.29) is 12.1 Å². The highest BCUT2D eigenvalue weighted by atomic mass is 16.3. The summed E-state index contributed by atoms with van der Waals surface area (Å²) in [5.74, 6) is 1.77.